The SMILES string of the molecule is CC(Sc1ccccc1)C(=O)NCC1(N2CCSCC2)CCCC1. The van der Waals surface area contributed by atoms with Gasteiger partial charge in [-0.1, -0.05) is 31.0 Å². The van der Waals surface area contributed by atoms with Crippen LogP contribution in [0.1, 0.15) is 32.6 Å². The van der Waals surface area contributed by atoms with Gasteiger partial charge < -0.3 is 5.32 Å². The molecule has 5 heteroatoms. The third-order valence-corrected chi connectivity index (χ3v) is 7.29. The molecule has 24 heavy (non-hydrogen) atoms. The van der Waals surface area contributed by atoms with Gasteiger partial charge in [0.1, 0.15) is 0 Å². The molecule has 1 amide bonds. The summed E-state index contributed by atoms with van der Waals surface area (Å²) in [5.41, 5.74) is 0.216. The summed E-state index contributed by atoms with van der Waals surface area (Å²) in [6.45, 7) is 5.17. The maximum atomic E-state index is 12.6. The highest BCUT2D eigenvalue weighted by molar-refractivity contribution is 8.00. The van der Waals surface area contributed by atoms with Gasteiger partial charge in [-0.2, -0.15) is 11.8 Å². The van der Waals surface area contributed by atoms with E-state index in [2.05, 4.69) is 34.1 Å². The van der Waals surface area contributed by atoms with Crippen LogP contribution in [0.3, 0.4) is 0 Å². The molecule has 3 nitrogen and oxygen atoms in total. The molecule has 1 atom stereocenters. The fourth-order valence-corrected chi connectivity index (χ4v) is 5.64. The first-order valence-corrected chi connectivity index (χ1v) is 11.1. The number of hydrogen-bond donors (Lipinski definition) is 1. The van der Waals surface area contributed by atoms with Gasteiger partial charge in [0.05, 0.1) is 5.25 Å². The topological polar surface area (TPSA) is 32.3 Å². The Balaban J connectivity index is 1.55. The van der Waals surface area contributed by atoms with Gasteiger partial charge >= 0.3 is 0 Å². The Hall–Kier alpha value is -0.650. The number of carbonyl (C=O) groups is 1. The second-order valence-electron chi connectivity index (χ2n) is 6.82. The van der Waals surface area contributed by atoms with Crippen molar-refractivity contribution in [2.75, 3.05) is 31.1 Å². The van der Waals surface area contributed by atoms with Crippen molar-refractivity contribution in [3.8, 4) is 0 Å². The molecule has 1 saturated heterocycles. The van der Waals surface area contributed by atoms with E-state index in [1.54, 1.807) is 11.8 Å². The minimum atomic E-state index is -0.0530. The zero-order valence-electron chi connectivity index (χ0n) is 14.5. The summed E-state index contributed by atoms with van der Waals surface area (Å²) in [7, 11) is 0. The Morgan fingerprint density at radius 2 is 1.92 bits per heavy atom. The van der Waals surface area contributed by atoms with Gasteiger partial charge in [-0.3, -0.25) is 9.69 Å². The molecule has 0 radical (unpaired) electrons. The summed E-state index contributed by atoms with van der Waals surface area (Å²) in [6, 6.07) is 10.2. The Bertz CT molecular complexity index is 525. The Morgan fingerprint density at radius 3 is 2.58 bits per heavy atom. The average Bonchev–Trinajstić information content (AvgIpc) is 3.11. The summed E-state index contributed by atoms with van der Waals surface area (Å²) < 4.78 is 0. The first-order valence-electron chi connectivity index (χ1n) is 9.02. The van der Waals surface area contributed by atoms with Crippen LogP contribution < -0.4 is 5.32 Å². The van der Waals surface area contributed by atoms with E-state index in [1.807, 2.05) is 25.1 Å². The van der Waals surface area contributed by atoms with E-state index in [-0.39, 0.29) is 16.7 Å². The summed E-state index contributed by atoms with van der Waals surface area (Å²) in [5, 5.41) is 3.22. The number of nitrogens with zero attached hydrogens (tertiary/aromatic N) is 1. The molecule has 1 aromatic rings. The highest BCUT2D eigenvalue weighted by Gasteiger charge is 2.40. The fourth-order valence-electron chi connectivity index (χ4n) is 3.83. The number of thioether (sulfide) groups is 2. The third kappa shape index (κ3) is 4.50. The predicted molar refractivity (Wildman–Crippen MR) is 105 cm³/mol. The zero-order chi connectivity index (χ0) is 16.8. The number of hydrogen-bond acceptors (Lipinski definition) is 4. The van der Waals surface area contributed by atoms with E-state index >= 15 is 0 Å². The number of benzene rings is 1. The van der Waals surface area contributed by atoms with Crippen LogP contribution in [0.25, 0.3) is 0 Å². The molecular weight excluding hydrogens is 336 g/mol. The molecule has 1 unspecified atom stereocenters. The van der Waals surface area contributed by atoms with Gasteiger partial charge in [0.2, 0.25) is 5.91 Å². The number of rotatable bonds is 6. The predicted octanol–water partition coefficient (Wildman–Crippen LogP) is 3.65. The number of carbonyl (C=O) groups excluding carboxylic acids is 1. The molecule has 2 aliphatic rings. The Morgan fingerprint density at radius 1 is 1.25 bits per heavy atom. The van der Waals surface area contributed by atoms with E-state index in [9.17, 15) is 4.79 Å². The van der Waals surface area contributed by atoms with Crippen LogP contribution >= 0.6 is 23.5 Å². The summed E-state index contributed by atoms with van der Waals surface area (Å²) in [4.78, 5) is 16.4. The lowest BCUT2D eigenvalue weighted by atomic mass is 9.94. The third-order valence-electron chi connectivity index (χ3n) is 5.23. The molecule has 1 N–H and O–H groups in total. The van der Waals surface area contributed by atoms with Crippen LogP contribution in [0, 0.1) is 0 Å². The minimum absolute atomic E-state index is 0.0530. The Kier molecular flexibility index (Phi) is 6.53. The molecule has 1 aromatic carbocycles. The van der Waals surface area contributed by atoms with Crippen molar-refractivity contribution in [1.82, 2.24) is 10.2 Å². The van der Waals surface area contributed by atoms with Crippen molar-refractivity contribution in [2.24, 2.45) is 0 Å². The smallest absolute Gasteiger partial charge is 0.233 e. The first-order chi connectivity index (χ1) is 11.7. The molecular formula is C19H28N2OS2. The lowest BCUT2D eigenvalue weighted by molar-refractivity contribution is -0.121. The highest BCUT2D eigenvalue weighted by Crippen LogP contribution is 2.36. The number of amides is 1. The van der Waals surface area contributed by atoms with Crippen molar-refractivity contribution in [2.45, 2.75) is 48.3 Å². The molecule has 132 valence electrons. The van der Waals surface area contributed by atoms with Crippen molar-refractivity contribution < 1.29 is 4.79 Å². The van der Waals surface area contributed by atoms with E-state index in [0.29, 0.717) is 0 Å². The van der Waals surface area contributed by atoms with Gasteiger partial charge in [-0.05, 0) is 31.9 Å². The normalized spacial score (nSPS) is 22.2. The van der Waals surface area contributed by atoms with Crippen LogP contribution in [-0.2, 0) is 4.79 Å². The molecule has 1 saturated carbocycles. The monoisotopic (exact) mass is 364 g/mol. The minimum Gasteiger partial charge on any atom is -0.353 e. The van der Waals surface area contributed by atoms with E-state index in [1.165, 1.54) is 50.3 Å². The molecule has 1 aliphatic carbocycles. The van der Waals surface area contributed by atoms with Crippen LogP contribution in [0.2, 0.25) is 0 Å². The molecule has 1 heterocycles. The van der Waals surface area contributed by atoms with Crippen molar-refractivity contribution in [1.29, 1.82) is 0 Å². The maximum absolute atomic E-state index is 12.6. The van der Waals surface area contributed by atoms with Gasteiger partial charge in [0, 0.05) is 41.6 Å². The van der Waals surface area contributed by atoms with Crippen molar-refractivity contribution in [3.63, 3.8) is 0 Å². The molecule has 0 aromatic heterocycles. The first kappa shape index (κ1) is 18.2. The van der Waals surface area contributed by atoms with Gasteiger partial charge in [0.25, 0.3) is 0 Å². The van der Waals surface area contributed by atoms with Crippen molar-refractivity contribution >= 4 is 29.4 Å². The molecule has 0 spiro atoms. The standard InChI is InChI=1S/C19H28N2OS2/c1-16(24-17-7-3-2-4-8-17)18(22)20-15-19(9-5-6-10-19)21-11-13-23-14-12-21/h2-4,7-8,16H,5-6,9-15H2,1H3,(H,20,22). The zero-order valence-corrected chi connectivity index (χ0v) is 16.1. The van der Waals surface area contributed by atoms with E-state index in [0.717, 1.165) is 11.4 Å². The largest absolute Gasteiger partial charge is 0.353 e. The molecule has 1 aliphatic heterocycles. The summed E-state index contributed by atoms with van der Waals surface area (Å²) in [5.74, 6) is 2.63. The molecule has 0 bridgehead atoms. The second-order valence-corrected chi connectivity index (χ2v) is 9.46. The van der Waals surface area contributed by atoms with Gasteiger partial charge in [-0.25, -0.2) is 0 Å². The van der Waals surface area contributed by atoms with Crippen LogP contribution in [-0.4, -0.2) is 52.7 Å². The Labute approximate surface area is 154 Å². The van der Waals surface area contributed by atoms with Crippen LogP contribution in [0.5, 0.6) is 0 Å². The van der Waals surface area contributed by atoms with E-state index in [4.69, 9.17) is 0 Å². The highest BCUT2D eigenvalue weighted by atomic mass is 32.2. The lowest BCUT2D eigenvalue weighted by Crippen LogP contribution is -2.57. The van der Waals surface area contributed by atoms with Crippen LogP contribution in [0.4, 0.5) is 0 Å². The average molecular weight is 365 g/mol. The fraction of sp³-hybridized carbons (Fsp3) is 0.632. The van der Waals surface area contributed by atoms with Crippen LogP contribution in [0.15, 0.2) is 35.2 Å². The number of nitrogens with one attached hydrogen (secondary N) is 1. The van der Waals surface area contributed by atoms with Crippen molar-refractivity contribution in [3.05, 3.63) is 30.3 Å². The molecule has 3 rings (SSSR count). The summed E-state index contributed by atoms with van der Waals surface area (Å²) >= 11 is 3.69. The molecule has 2 fully saturated rings. The lowest BCUT2D eigenvalue weighted by Gasteiger charge is -2.43. The quantitative estimate of drug-likeness (QED) is 0.781. The van der Waals surface area contributed by atoms with Gasteiger partial charge in [-0.15, -0.1) is 11.8 Å². The summed E-state index contributed by atoms with van der Waals surface area (Å²) in [6.07, 6.45) is 5.07. The van der Waals surface area contributed by atoms with E-state index < -0.39 is 0 Å². The maximum Gasteiger partial charge on any atom is 0.233 e. The van der Waals surface area contributed by atoms with Gasteiger partial charge in [0.15, 0.2) is 0 Å². The second kappa shape index (κ2) is 8.63.